The number of hydrogen-bond donors (Lipinski definition) is 1. The monoisotopic (exact) mass is 295 g/mol. The van der Waals surface area contributed by atoms with Gasteiger partial charge < -0.3 is 19.2 Å². The molecule has 21 heavy (non-hydrogen) atoms. The van der Waals surface area contributed by atoms with Gasteiger partial charge in [-0.15, -0.1) is 0 Å². The lowest BCUT2D eigenvalue weighted by molar-refractivity contribution is -0.148. The van der Waals surface area contributed by atoms with Gasteiger partial charge in [-0.05, 0) is 25.8 Å². The summed E-state index contributed by atoms with van der Waals surface area (Å²) in [6, 6.07) is 3.68. The molecule has 0 atom stereocenters. The molecule has 6 heteroatoms. The van der Waals surface area contributed by atoms with E-state index >= 15 is 0 Å². The fourth-order valence-corrected chi connectivity index (χ4v) is 2.50. The van der Waals surface area contributed by atoms with Crippen molar-refractivity contribution < 1.29 is 23.8 Å². The maximum absolute atomic E-state index is 11.7. The Morgan fingerprint density at radius 3 is 2.71 bits per heavy atom. The molecule has 6 nitrogen and oxygen atoms in total. The van der Waals surface area contributed by atoms with Crippen LogP contribution in [0.5, 0.6) is 0 Å². The lowest BCUT2D eigenvalue weighted by atomic mass is 9.97. The minimum Gasteiger partial charge on any atom is -0.481 e. The highest BCUT2D eigenvalue weighted by molar-refractivity contribution is 5.72. The molecule has 1 saturated heterocycles. The number of carbonyl (C=O) groups excluding carboxylic acids is 1. The van der Waals surface area contributed by atoms with Crippen molar-refractivity contribution in [2.24, 2.45) is 5.92 Å². The van der Waals surface area contributed by atoms with Crippen molar-refractivity contribution >= 4 is 17.8 Å². The second-order valence-corrected chi connectivity index (χ2v) is 5.15. The smallest absolute Gasteiger partial charge is 0.309 e. The topological polar surface area (TPSA) is 80.0 Å². The van der Waals surface area contributed by atoms with Crippen molar-refractivity contribution in [3.05, 3.63) is 17.9 Å². The summed E-state index contributed by atoms with van der Waals surface area (Å²) in [5.74, 6) is 0.460. The third kappa shape index (κ3) is 4.24. The number of ether oxygens (including phenoxy) is 1. The van der Waals surface area contributed by atoms with Crippen LogP contribution in [0.1, 0.15) is 31.9 Å². The zero-order valence-electron chi connectivity index (χ0n) is 12.2. The van der Waals surface area contributed by atoms with Gasteiger partial charge in [-0.25, -0.2) is 0 Å². The van der Waals surface area contributed by atoms with Gasteiger partial charge in [-0.1, -0.05) is 0 Å². The zero-order valence-corrected chi connectivity index (χ0v) is 12.2. The molecule has 0 bridgehead atoms. The number of carboxylic acid groups (broad SMARTS) is 1. The number of hydrogen-bond acceptors (Lipinski definition) is 5. The van der Waals surface area contributed by atoms with Gasteiger partial charge in [0.05, 0.1) is 18.9 Å². The van der Waals surface area contributed by atoms with E-state index in [1.54, 1.807) is 0 Å². The van der Waals surface area contributed by atoms with Crippen LogP contribution >= 0.6 is 0 Å². The molecule has 0 spiro atoms. The lowest BCUT2D eigenvalue weighted by Crippen LogP contribution is -2.36. The van der Waals surface area contributed by atoms with Crippen LogP contribution in [-0.4, -0.2) is 36.7 Å². The molecule has 0 saturated carbocycles. The predicted octanol–water partition coefficient (Wildman–Crippen LogP) is 2.08. The van der Waals surface area contributed by atoms with Crippen LogP contribution in [-0.2, 0) is 20.7 Å². The lowest BCUT2D eigenvalue weighted by Gasteiger charge is -2.30. The molecule has 2 rings (SSSR count). The average Bonchev–Trinajstić information content (AvgIpc) is 2.94. The van der Waals surface area contributed by atoms with Crippen LogP contribution in [0, 0.1) is 5.92 Å². The number of carboxylic acids is 1. The van der Waals surface area contributed by atoms with Crippen molar-refractivity contribution in [2.75, 3.05) is 24.6 Å². The Morgan fingerprint density at radius 1 is 1.38 bits per heavy atom. The molecule has 0 unspecified atom stereocenters. The number of carbonyl (C=O) groups is 2. The average molecular weight is 295 g/mol. The standard InChI is InChI=1S/C15H21NO5/c1-2-20-15(19)11-7-9-16(10-8-11)13-5-3-12(21-13)4-6-14(17)18/h3,5,11H,2,4,6-10H2,1H3,(H,17,18). The van der Waals surface area contributed by atoms with E-state index in [1.807, 2.05) is 19.1 Å². The van der Waals surface area contributed by atoms with Crippen molar-refractivity contribution in [2.45, 2.75) is 32.6 Å². The Hall–Kier alpha value is -1.98. The van der Waals surface area contributed by atoms with Gasteiger partial charge in [0.15, 0.2) is 5.88 Å². The van der Waals surface area contributed by atoms with Gasteiger partial charge in [0.2, 0.25) is 0 Å². The molecule has 1 N–H and O–H groups in total. The van der Waals surface area contributed by atoms with Crippen LogP contribution < -0.4 is 4.90 Å². The minimum absolute atomic E-state index is 0.0253. The van der Waals surface area contributed by atoms with Gasteiger partial charge in [-0.3, -0.25) is 9.59 Å². The predicted molar refractivity (Wildman–Crippen MR) is 76.2 cm³/mol. The molecular weight excluding hydrogens is 274 g/mol. The molecule has 0 aliphatic carbocycles. The first-order chi connectivity index (χ1) is 10.1. The fourth-order valence-electron chi connectivity index (χ4n) is 2.50. The van der Waals surface area contributed by atoms with Crippen LogP contribution in [0.3, 0.4) is 0 Å². The first kappa shape index (κ1) is 15.4. The van der Waals surface area contributed by atoms with Crippen molar-refractivity contribution in [3.8, 4) is 0 Å². The van der Waals surface area contributed by atoms with Crippen LogP contribution in [0.4, 0.5) is 5.88 Å². The Bertz CT molecular complexity index is 488. The second kappa shape index (κ2) is 7.15. The van der Waals surface area contributed by atoms with Gasteiger partial charge >= 0.3 is 11.9 Å². The summed E-state index contributed by atoms with van der Waals surface area (Å²) in [7, 11) is 0. The fraction of sp³-hybridized carbons (Fsp3) is 0.600. The third-order valence-electron chi connectivity index (χ3n) is 3.66. The van der Waals surface area contributed by atoms with E-state index in [4.69, 9.17) is 14.3 Å². The Labute approximate surface area is 123 Å². The maximum Gasteiger partial charge on any atom is 0.309 e. The molecule has 1 aliphatic heterocycles. The second-order valence-electron chi connectivity index (χ2n) is 5.15. The summed E-state index contributed by atoms with van der Waals surface area (Å²) in [6.07, 6.45) is 1.97. The molecule has 1 aliphatic rings. The molecule has 116 valence electrons. The van der Waals surface area contributed by atoms with E-state index in [2.05, 4.69) is 4.90 Å². The van der Waals surface area contributed by atoms with E-state index in [1.165, 1.54) is 0 Å². The summed E-state index contributed by atoms with van der Waals surface area (Å²) in [5.41, 5.74) is 0. The van der Waals surface area contributed by atoms with Crippen molar-refractivity contribution in [3.63, 3.8) is 0 Å². The molecule has 1 aromatic heterocycles. The molecule has 1 aromatic rings. The van der Waals surface area contributed by atoms with E-state index in [9.17, 15) is 9.59 Å². The number of nitrogens with zero attached hydrogens (tertiary/aromatic N) is 1. The Balaban J connectivity index is 1.84. The Morgan fingerprint density at radius 2 is 2.10 bits per heavy atom. The number of esters is 1. The third-order valence-corrected chi connectivity index (χ3v) is 3.66. The first-order valence-corrected chi connectivity index (χ1v) is 7.32. The highest BCUT2D eigenvalue weighted by Crippen LogP contribution is 2.26. The SMILES string of the molecule is CCOC(=O)C1CCN(c2ccc(CCC(=O)O)o2)CC1. The van der Waals surface area contributed by atoms with Crippen molar-refractivity contribution in [1.82, 2.24) is 0 Å². The minimum atomic E-state index is -0.830. The molecule has 0 amide bonds. The summed E-state index contributed by atoms with van der Waals surface area (Å²) in [5, 5.41) is 8.66. The Kier molecular flexibility index (Phi) is 5.25. The number of anilines is 1. The van der Waals surface area contributed by atoms with E-state index in [0.717, 1.165) is 31.8 Å². The summed E-state index contributed by atoms with van der Waals surface area (Å²) >= 11 is 0. The number of aliphatic carboxylic acids is 1. The number of piperidine rings is 1. The highest BCUT2D eigenvalue weighted by Gasteiger charge is 2.27. The molecule has 2 heterocycles. The summed E-state index contributed by atoms with van der Waals surface area (Å²) < 4.78 is 10.7. The van der Waals surface area contributed by atoms with Gasteiger partial charge in [0.1, 0.15) is 5.76 Å². The number of aryl methyl sites for hydroxylation is 1. The molecule has 0 radical (unpaired) electrons. The first-order valence-electron chi connectivity index (χ1n) is 7.32. The number of rotatable bonds is 6. The summed E-state index contributed by atoms with van der Waals surface area (Å²) in [6.45, 7) is 3.73. The normalized spacial score (nSPS) is 16.0. The van der Waals surface area contributed by atoms with E-state index < -0.39 is 5.97 Å². The van der Waals surface area contributed by atoms with Gasteiger partial charge in [0.25, 0.3) is 0 Å². The maximum atomic E-state index is 11.7. The quantitative estimate of drug-likeness (QED) is 0.809. The van der Waals surface area contributed by atoms with Crippen LogP contribution in [0.15, 0.2) is 16.5 Å². The van der Waals surface area contributed by atoms with E-state index in [-0.39, 0.29) is 18.3 Å². The van der Waals surface area contributed by atoms with Crippen LogP contribution in [0.25, 0.3) is 0 Å². The van der Waals surface area contributed by atoms with Crippen LogP contribution in [0.2, 0.25) is 0 Å². The van der Waals surface area contributed by atoms with Gasteiger partial charge in [0, 0.05) is 25.6 Å². The van der Waals surface area contributed by atoms with Gasteiger partial charge in [-0.2, -0.15) is 0 Å². The largest absolute Gasteiger partial charge is 0.481 e. The molecule has 1 fully saturated rings. The zero-order chi connectivity index (χ0) is 15.2. The van der Waals surface area contributed by atoms with E-state index in [0.29, 0.717) is 18.8 Å². The summed E-state index contributed by atoms with van der Waals surface area (Å²) in [4.78, 5) is 24.3. The molecular formula is C15H21NO5. The van der Waals surface area contributed by atoms with Crippen molar-refractivity contribution in [1.29, 1.82) is 0 Å². The highest BCUT2D eigenvalue weighted by atomic mass is 16.5. The number of furan rings is 1. The molecule has 0 aromatic carbocycles.